The van der Waals surface area contributed by atoms with E-state index in [9.17, 15) is 4.39 Å². The molecule has 1 aliphatic heterocycles. The molecule has 32 heavy (non-hydrogen) atoms. The van der Waals surface area contributed by atoms with Crippen LogP contribution in [0.5, 0.6) is 0 Å². The van der Waals surface area contributed by atoms with Crippen molar-refractivity contribution in [3.05, 3.63) is 65.7 Å². The summed E-state index contributed by atoms with van der Waals surface area (Å²) < 4.78 is 21.7. The molecule has 1 aliphatic rings. The SMILES string of the molecule is CC(C)c1nn(-c2noc(C3CCN(CCc4cccnc4)CC3)n2)c2c(F)cccc12. The smallest absolute Gasteiger partial charge is 0.291 e. The third-order valence-corrected chi connectivity index (χ3v) is 6.23. The average Bonchev–Trinajstić information content (AvgIpc) is 3.45. The number of fused-ring (bicyclic) bond motifs is 1. The van der Waals surface area contributed by atoms with E-state index in [1.54, 1.807) is 12.3 Å². The zero-order valence-corrected chi connectivity index (χ0v) is 18.4. The number of pyridine rings is 1. The summed E-state index contributed by atoms with van der Waals surface area (Å²) in [7, 11) is 0. The van der Waals surface area contributed by atoms with Crippen molar-refractivity contribution in [3.8, 4) is 5.95 Å². The maximum atomic E-state index is 14.7. The normalized spacial score (nSPS) is 15.8. The highest BCUT2D eigenvalue weighted by molar-refractivity contribution is 5.84. The summed E-state index contributed by atoms with van der Waals surface area (Å²) in [6.45, 7) is 7.07. The van der Waals surface area contributed by atoms with Crippen LogP contribution in [0.2, 0.25) is 0 Å². The van der Waals surface area contributed by atoms with Crippen molar-refractivity contribution in [2.24, 2.45) is 0 Å². The fraction of sp³-hybridized carbons (Fsp3) is 0.417. The minimum absolute atomic E-state index is 0.155. The first-order valence-corrected chi connectivity index (χ1v) is 11.2. The first kappa shape index (κ1) is 20.8. The average molecular weight is 435 g/mol. The number of piperidine rings is 1. The molecule has 1 aromatic carbocycles. The van der Waals surface area contributed by atoms with Gasteiger partial charge in [0, 0.05) is 30.2 Å². The van der Waals surface area contributed by atoms with Crippen LogP contribution in [-0.2, 0) is 6.42 Å². The Morgan fingerprint density at radius 2 is 2.00 bits per heavy atom. The van der Waals surface area contributed by atoms with Gasteiger partial charge in [-0.2, -0.15) is 14.8 Å². The minimum Gasteiger partial charge on any atom is -0.337 e. The maximum absolute atomic E-state index is 14.7. The van der Waals surface area contributed by atoms with Crippen molar-refractivity contribution < 1.29 is 8.91 Å². The molecule has 3 aromatic heterocycles. The van der Waals surface area contributed by atoms with Gasteiger partial charge in [0.15, 0.2) is 0 Å². The Balaban J connectivity index is 1.29. The number of hydrogen-bond donors (Lipinski definition) is 0. The predicted octanol–water partition coefficient (Wildman–Crippen LogP) is 4.49. The van der Waals surface area contributed by atoms with Crippen LogP contribution in [0.4, 0.5) is 4.39 Å². The third kappa shape index (κ3) is 4.02. The van der Waals surface area contributed by atoms with Gasteiger partial charge in [0.05, 0.1) is 5.69 Å². The fourth-order valence-corrected chi connectivity index (χ4v) is 4.44. The molecule has 8 heteroatoms. The summed E-state index contributed by atoms with van der Waals surface area (Å²) in [4.78, 5) is 11.3. The Morgan fingerprint density at radius 1 is 1.16 bits per heavy atom. The molecule has 0 amide bonds. The molecule has 1 saturated heterocycles. The zero-order valence-electron chi connectivity index (χ0n) is 18.4. The topological polar surface area (TPSA) is 72.9 Å². The Labute approximate surface area is 186 Å². The minimum atomic E-state index is -0.338. The van der Waals surface area contributed by atoms with E-state index in [4.69, 9.17) is 4.52 Å². The number of likely N-dealkylation sites (tertiary alicyclic amines) is 1. The van der Waals surface area contributed by atoms with Crippen LogP contribution < -0.4 is 0 Å². The Bertz CT molecular complexity index is 1190. The lowest BCUT2D eigenvalue weighted by atomic mass is 9.96. The number of benzene rings is 1. The van der Waals surface area contributed by atoms with Crippen molar-refractivity contribution in [2.45, 2.75) is 44.9 Å². The number of aromatic nitrogens is 5. The highest BCUT2D eigenvalue weighted by Gasteiger charge is 2.27. The van der Waals surface area contributed by atoms with Crippen LogP contribution in [0.3, 0.4) is 0 Å². The molecular formula is C24H27FN6O. The second-order valence-electron chi connectivity index (χ2n) is 8.75. The molecule has 0 radical (unpaired) electrons. The number of rotatable bonds is 6. The second-order valence-corrected chi connectivity index (χ2v) is 8.75. The number of para-hydroxylation sites is 1. The lowest BCUT2D eigenvalue weighted by Gasteiger charge is -2.30. The second kappa shape index (κ2) is 8.78. The number of hydrogen-bond acceptors (Lipinski definition) is 6. The van der Waals surface area contributed by atoms with Crippen LogP contribution in [0.1, 0.15) is 55.7 Å². The predicted molar refractivity (Wildman–Crippen MR) is 119 cm³/mol. The third-order valence-electron chi connectivity index (χ3n) is 6.23. The molecule has 0 atom stereocenters. The summed E-state index contributed by atoms with van der Waals surface area (Å²) in [5.74, 6) is 0.930. The molecule has 0 saturated carbocycles. The van der Waals surface area contributed by atoms with Gasteiger partial charge in [-0.15, -0.1) is 0 Å². The van der Waals surface area contributed by atoms with Gasteiger partial charge in [-0.25, -0.2) is 4.39 Å². The van der Waals surface area contributed by atoms with Crippen LogP contribution in [-0.4, -0.2) is 49.4 Å². The van der Waals surface area contributed by atoms with Gasteiger partial charge in [-0.3, -0.25) is 4.98 Å². The van der Waals surface area contributed by atoms with Gasteiger partial charge in [0.25, 0.3) is 5.95 Å². The first-order chi connectivity index (χ1) is 15.6. The summed E-state index contributed by atoms with van der Waals surface area (Å²) in [6.07, 6.45) is 6.65. The van der Waals surface area contributed by atoms with Crippen molar-refractivity contribution >= 4 is 10.9 Å². The van der Waals surface area contributed by atoms with Gasteiger partial charge < -0.3 is 9.42 Å². The lowest BCUT2D eigenvalue weighted by Crippen LogP contribution is -2.34. The van der Waals surface area contributed by atoms with Crippen LogP contribution in [0, 0.1) is 5.82 Å². The van der Waals surface area contributed by atoms with Crippen molar-refractivity contribution in [1.82, 2.24) is 29.8 Å². The molecule has 166 valence electrons. The summed E-state index contributed by atoms with van der Waals surface area (Å²) in [5, 5.41) is 9.56. The van der Waals surface area contributed by atoms with E-state index in [0.717, 1.165) is 50.0 Å². The maximum Gasteiger partial charge on any atom is 0.291 e. The van der Waals surface area contributed by atoms with Crippen LogP contribution >= 0.6 is 0 Å². The Hall–Kier alpha value is -3.13. The fourth-order valence-electron chi connectivity index (χ4n) is 4.44. The molecule has 0 spiro atoms. The van der Waals surface area contributed by atoms with Crippen molar-refractivity contribution in [1.29, 1.82) is 0 Å². The molecule has 5 rings (SSSR count). The summed E-state index contributed by atoms with van der Waals surface area (Å²) >= 11 is 0. The van der Waals surface area contributed by atoms with E-state index in [1.807, 2.05) is 32.2 Å². The molecule has 0 aliphatic carbocycles. The Morgan fingerprint density at radius 3 is 2.75 bits per heavy atom. The van der Waals surface area contributed by atoms with E-state index in [1.165, 1.54) is 16.3 Å². The zero-order chi connectivity index (χ0) is 22.1. The van der Waals surface area contributed by atoms with Gasteiger partial charge in [-0.1, -0.05) is 32.0 Å². The van der Waals surface area contributed by atoms with Crippen molar-refractivity contribution in [2.75, 3.05) is 19.6 Å². The van der Waals surface area contributed by atoms with Gasteiger partial charge in [0.2, 0.25) is 5.89 Å². The van der Waals surface area contributed by atoms with Gasteiger partial charge in [-0.05, 0) is 61.1 Å². The highest BCUT2D eigenvalue weighted by atomic mass is 19.1. The Kier molecular flexibility index (Phi) is 5.70. The molecule has 0 bridgehead atoms. The quantitative estimate of drug-likeness (QED) is 0.445. The van der Waals surface area contributed by atoms with E-state index in [0.29, 0.717) is 17.4 Å². The molecule has 4 aromatic rings. The van der Waals surface area contributed by atoms with E-state index < -0.39 is 0 Å². The number of nitrogens with zero attached hydrogens (tertiary/aromatic N) is 6. The van der Waals surface area contributed by atoms with Gasteiger partial charge >= 0.3 is 0 Å². The lowest BCUT2D eigenvalue weighted by molar-refractivity contribution is 0.196. The standard InChI is InChI=1S/C24H27FN6O/c1-16(2)21-19-6-3-7-20(25)22(19)31(28-21)24-27-23(32-29-24)18-9-13-30(14-10-18)12-8-17-5-4-11-26-15-17/h3-7,11,15-16,18H,8-10,12-14H2,1-2H3. The van der Waals surface area contributed by atoms with E-state index in [2.05, 4.69) is 31.2 Å². The first-order valence-electron chi connectivity index (χ1n) is 11.2. The van der Waals surface area contributed by atoms with E-state index >= 15 is 0 Å². The van der Waals surface area contributed by atoms with Crippen LogP contribution in [0.25, 0.3) is 16.9 Å². The van der Waals surface area contributed by atoms with E-state index in [-0.39, 0.29) is 17.7 Å². The molecular weight excluding hydrogens is 407 g/mol. The highest BCUT2D eigenvalue weighted by Crippen LogP contribution is 2.30. The van der Waals surface area contributed by atoms with Gasteiger partial charge in [0.1, 0.15) is 11.3 Å². The summed E-state index contributed by atoms with van der Waals surface area (Å²) in [6, 6.07) is 9.13. The molecule has 7 nitrogen and oxygen atoms in total. The monoisotopic (exact) mass is 434 g/mol. The molecule has 0 N–H and O–H groups in total. The number of halogens is 1. The molecule has 0 unspecified atom stereocenters. The molecule has 1 fully saturated rings. The largest absolute Gasteiger partial charge is 0.337 e. The van der Waals surface area contributed by atoms with Crippen LogP contribution in [0.15, 0.2) is 47.2 Å². The molecule has 4 heterocycles. The summed E-state index contributed by atoms with van der Waals surface area (Å²) in [5.41, 5.74) is 2.48. The van der Waals surface area contributed by atoms with Crippen molar-refractivity contribution in [3.63, 3.8) is 0 Å².